The van der Waals surface area contributed by atoms with Gasteiger partial charge in [0.1, 0.15) is 0 Å². The molecule has 3 heteroatoms. The van der Waals surface area contributed by atoms with Crippen molar-refractivity contribution < 1.29 is 4.79 Å². The SMILES string of the molecule is CC(C)c1ccccc1/C=C/C(=O)N1CC[C@@H]2CNC[C@@H]2CC1. The maximum absolute atomic E-state index is 12.5. The van der Waals surface area contributed by atoms with Crippen LogP contribution in [-0.2, 0) is 4.79 Å². The monoisotopic (exact) mass is 312 g/mol. The van der Waals surface area contributed by atoms with Crippen LogP contribution in [0.5, 0.6) is 0 Å². The van der Waals surface area contributed by atoms with Crippen LogP contribution < -0.4 is 5.32 Å². The highest BCUT2D eigenvalue weighted by atomic mass is 16.2. The molecule has 2 aliphatic rings. The maximum Gasteiger partial charge on any atom is 0.246 e. The van der Waals surface area contributed by atoms with E-state index in [9.17, 15) is 4.79 Å². The summed E-state index contributed by atoms with van der Waals surface area (Å²) >= 11 is 0. The fourth-order valence-electron chi connectivity index (χ4n) is 3.89. The van der Waals surface area contributed by atoms with Crippen LogP contribution in [0.2, 0.25) is 0 Å². The van der Waals surface area contributed by atoms with E-state index < -0.39 is 0 Å². The number of carbonyl (C=O) groups excluding carboxylic acids is 1. The smallest absolute Gasteiger partial charge is 0.246 e. The molecule has 2 fully saturated rings. The molecule has 3 rings (SSSR count). The van der Waals surface area contributed by atoms with Gasteiger partial charge in [-0.05, 0) is 60.9 Å². The summed E-state index contributed by atoms with van der Waals surface area (Å²) in [6, 6.07) is 8.35. The second-order valence-corrected chi connectivity index (χ2v) is 7.20. The number of hydrogen-bond donors (Lipinski definition) is 1. The Labute approximate surface area is 139 Å². The summed E-state index contributed by atoms with van der Waals surface area (Å²) in [5, 5.41) is 3.48. The van der Waals surface area contributed by atoms with Crippen LogP contribution >= 0.6 is 0 Å². The van der Waals surface area contributed by atoms with Gasteiger partial charge in [-0.3, -0.25) is 4.79 Å². The highest BCUT2D eigenvalue weighted by molar-refractivity contribution is 5.92. The molecule has 1 amide bonds. The lowest BCUT2D eigenvalue weighted by atomic mass is 9.92. The number of amides is 1. The minimum Gasteiger partial charge on any atom is -0.339 e. The molecule has 1 N–H and O–H groups in total. The van der Waals surface area contributed by atoms with Crippen molar-refractivity contribution in [2.24, 2.45) is 11.8 Å². The predicted molar refractivity (Wildman–Crippen MR) is 95.2 cm³/mol. The molecule has 2 aliphatic heterocycles. The first-order chi connectivity index (χ1) is 11.1. The van der Waals surface area contributed by atoms with Gasteiger partial charge in [0.15, 0.2) is 0 Å². The zero-order valence-electron chi connectivity index (χ0n) is 14.3. The molecule has 0 aliphatic carbocycles. The highest BCUT2D eigenvalue weighted by Crippen LogP contribution is 2.27. The third kappa shape index (κ3) is 3.84. The summed E-state index contributed by atoms with van der Waals surface area (Å²) in [5.74, 6) is 2.16. The second kappa shape index (κ2) is 7.31. The number of likely N-dealkylation sites (tertiary alicyclic amines) is 1. The summed E-state index contributed by atoms with van der Waals surface area (Å²) in [4.78, 5) is 14.6. The van der Waals surface area contributed by atoms with Crippen LogP contribution in [0.4, 0.5) is 0 Å². The first kappa shape index (κ1) is 16.3. The van der Waals surface area contributed by atoms with Gasteiger partial charge in [-0.1, -0.05) is 38.1 Å². The maximum atomic E-state index is 12.5. The van der Waals surface area contributed by atoms with E-state index in [0.717, 1.165) is 56.4 Å². The molecule has 0 bridgehead atoms. The van der Waals surface area contributed by atoms with E-state index in [2.05, 4.69) is 37.4 Å². The molecule has 2 atom stereocenters. The van der Waals surface area contributed by atoms with Gasteiger partial charge < -0.3 is 10.2 Å². The van der Waals surface area contributed by atoms with Gasteiger partial charge in [0.05, 0.1) is 0 Å². The minimum absolute atomic E-state index is 0.163. The van der Waals surface area contributed by atoms with Crippen LogP contribution in [-0.4, -0.2) is 37.0 Å². The molecule has 0 spiro atoms. The van der Waals surface area contributed by atoms with Crippen molar-refractivity contribution in [1.29, 1.82) is 0 Å². The van der Waals surface area contributed by atoms with Gasteiger partial charge in [0, 0.05) is 19.2 Å². The summed E-state index contributed by atoms with van der Waals surface area (Å²) in [7, 11) is 0. The molecule has 2 saturated heterocycles. The quantitative estimate of drug-likeness (QED) is 0.869. The Bertz CT molecular complexity index is 565. The molecule has 0 saturated carbocycles. The molecule has 0 aromatic heterocycles. The van der Waals surface area contributed by atoms with Crippen molar-refractivity contribution >= 4 is 12.0 Å². The van der Waals surface area contributed by atoms with E-state index >= 15 is 0 Å². The number of rotatable bonds is 3. The number of benzene rings is 1. The van der Waals surface area contributed by atoms with E-state index in [1.54, 1.807) is 6.08 Å². The van der Waals surface area contributed by atoms with Crippen molar-refractivity contribution in [3.63, 3.8) is 0 Å². The van der Waals surface area contributed by atoms with Crippen molar-refractivity contribution in [3.05, 3.63) is 41.5 Å². The van der Waals surface area contributed by atoms with Crippen LogP contribution in [0.3, 0.4) is 0 Å². The van der Waals surface area contributed by atoms with Crippen molar-refractivity contribution in [2.75, 3.05) is 26.2 Å². The fourth-order valence-corrected chi connectivity index (χ4v) is 3.89. The molecule has 0 unspecified atom stereocenters. The topological polar surface area (TPSA) is 32.3 Å². The van der Waals surface area contributed by atoms with Crippen molar-refractivity contribution in [2.45, 2.75) is 32.6 Å². The third-order valence-electron chi connectivity index (χ3n) is 5.35. The Hall–Kier alpha value is -1.61. The Balaban J connectivity index is 1.65. The average Bonchev–Trinajstić information content (AvgIpc) is 2.91. The Kier molecular flexibility index (Phi) is 5.16. The molecular formula is C20H28N2O. The number of nitrogens with one attached hydrogen (secondary N) is 1. The van der Waals surface area contributed by atoms with Gasteiger partial charge >= 0.3 is 0 Å². The number of fused-ring (bicyclic) bond motifs is 1. The van der Waals surface area contributed by atoms with Crippen LogP contribution in [0.15, 0.2) is 30.3 Å². The number of nitrogens with zero attached hydrogens (tertiary/aromatic N) is 1. The predicted octanol–water partition coefficient (Wildman–Crippen LogP) is 3.28. The van der Waals surface area contributed by atoms with E-state index in [1.807, 2.05) is 17.0 Å². The first-order valence-electron chi connectivity index (χ1n) is 8.92. The molecular weight excluding hydrogens is 284 g/mol. The van der Waals surface area contributed by atoms with Crippen LogP contribution in [0, 0.1) is 11.8 Å². The van der Waals surface area contributed by atoms with E-state index in [1.165, 1.54) is 5.56 Å². The molecule has 23 heavy (non-hydrogen) atoms. The zero-order valence-corrected chi connectivity index (χ0v) is 14.3. The van der Waals surface area contributed by atoms with Gasteiger partial charge in [-0.25, -0.2) is 0 Å². The van der Waals surface area contributed by atoms with E-state index in [-0.39, 0.29) is 5.91 Å². The Morgan fingerprint density at radius 3 is 2.48 bits per heavy atom. The molecule has 0 radical (unpaired) electrons. The molecule has 3 nitrogen and oxygen atoms in total. The molecule has 1 aromatic rings. The van der Waals surface area contributed by atoms with Crippen molar-refractivity contribution in [3.8, 4) is 0 Å². The first-order valence-corrected chi connectivity index (χ1v) is 8.92. The Morgan fingerprint density at radius 2 is 1.83 bits per heavy atom. The van der Waals surface area contributed by atoms with Gasteiger partial charge in [0.25, 0.3) is 0 Å². The number of carbonyl (C=O) groups is 1. The molecule has 1 aromatic carbocycles. The largest absolute Gasteiger partial charge is 0.339 e. The van der Waals surface area contributed by atoms with Crippen LogP contribution in [0.25, 0.3) is 6.08 Å². The van der Waals surface area contributed by atoms with E-state index in [4.69, 9.17) is 0 Å². The van der Waals surface area contributed by atoms with E-state index in [0.29, 0.717) is 5.92 Å². The van der Waals surface area contributed by atoms with Gasteiger partial charge in [-0.15, -0.1) is 0 Å². The van der Waals surface area contributed by atoms with Crippen LogP contribution in [0.1, 0.15) is 43.7 Å². The second-order valence-electron chi connectivity index (χ2n) is 7.20. The summed E-state index contributed by atoms with van der Waals surface area (Å²) < 4.78 is 0. The molecule has 124 valence electrons. The lowest BCUT2D eigenvalue weighted by molar-refractivity contribution is -0.125. The summed E-state index contributed by atoms with van der Waals surface area (Å²) in [5.41, 5.74) is 2.46. The molecule has 2 heterocycles. The third-order valence-corrected chi connectivity index (χ3v) is 5.35. The summed E-state index contributed by atoms with van der Waals surface area (Å²) in [6.45, 7) is 8.44. The lowest BCUT2D eigenvalue weighted by Crippen LogP contribution is -2.31. The zero-order chi connectivity index (χ0) is 16.2. The van der Waals surface area contributed by atoms with Gasteiger partial charge in [-0.2, -0.15) is 0 Å². The fraction of sp³-hybridized carbons (Fsp3) is 0.550. The normalized spacial score (nSPS) is 24.9. The highest BCUT2D eigenvalue weighted by Gasteiger charge is 2.30. The van der Waals surface area contributed by atoms with Crippen molar-refractivity contribution in [1.82, 2.24) is 10.2 Å². The summed E-state index contributed by atoms with van der Waals surface area (Å²) in [6.07, 6.45) is 6.03. The average molecular weight is 312 g/mol. The number of hydrogen-bond acceptors (Lipinski definition) is 2. The van der Waals surface area contributed by atoms with Gasteiger partial charge in [0.2, 0.25) is 5.91 Å². The Morgan fingerprint density at radius 1 is 1.17 bits per heavy atom. The standard InChI is InChI=1S/C20H28N2O/c1-15(2)19-6-4-3-5-16(19)7-8-20(23)22-11-9-17-13-21-14-18(17)10-12-22/h3-8,15,17-18,21H,9-14H2,1-2H3/b8-7+/t17-,18+. The lowest BCUT2D eigenvalue weighted by Gasteiger charge is -2.19. The minimum atomic E-state index is 0.163.